The normalized spacial score (nSPS) is 26.2. The van der Waals surface area contributed by atoms with Crippen LogP contribution in [0.1, 0.15) is 25.5 Å². The molecule has 1 heterocycles. The highest BCUT2D eigenvalue weighted by molar-refractivity contribution is 5.86. The third-order valence-corrected chi connectivity index (χ3v) is 3.60. The summed E-state index contributed by atoms with van der Waals surface area (Å²) in [6.45, 7) is 6.80. The predicted molar refractivity (Wildman–Crippen MR) is 66.5 cm³/mol. The van der Waals surface area contributed by atoms with Crippen LogP contribution < -0.4 is 9.47 Å². The minimum Gasteiger partial charge on any atom is -0.497 e. The summed E-state index contributed by atoms with van der Waals surface area (Å²) < 4.78 is 10.7. The van der Waals surface area contributed by atoms with Crippen LogP contribution in [0.25, 0.3) is 0 Å². The second kappa shape index (κ2) is 4.14. The highest BCUT2D eigenvalue weighted by Gasteiger charge is 2.47. The second-order valence-corrected chi connectivity index (χ2v) is 4.59. The van der Waals surface area contributed by atoms with Gasteiger partial charge in [-0.25, -0.2) is 0 Å². The number of ether oxygens (including phenoxy) is 2. The lowest BCUT2D eigenvalue weighted by molar-refractivity contribution is -0.132. The molecule has 2 rings (SSSR count). The molecule has 0 saturated heterocycles. The van der Waals surface area contributed by atoms with Gasteiger partial charge in [0.2, 0.25) is 0 Å². The topological polar surface area (TPSA) is 55.8 Å². The van der Waals surface area contributed by atoms with Crippen molar-refractivity contribution in [1.82, 2.24) is 0 Å². The van der Waals surface area contributed by atoms with E-state index in [4.69, 9.17) is 9.47 Å². The van der Waals surface area contributed by atoms with Crippen molar-refractivity contribution in [2.24, 2.45) is 5.41 Å². The van der Waals surface area contributed by atoms with E-state index in [1.54, 1.807) is 32.2 Å². The zero-order valence-electron chi connectivity index (χ0n) is 10.7. The standard InChI is InChI=1S/C14H16O4/c1-8(15)14(3)9(2)18-12-6-5-10(17-4)7-11(12)13(14)16/h5-7,13,16H,2H2,1,3-4H3. The largest absolute Gasteiger partial charge is 0.497 e. The van der Waals surface area contributed by atoms with Gasteiger partial charge in [-0.3, -0.25) is 4.79 Å². The number of methoxy groups -OCH3 is 1. The fourth-order valence-corrected chi connectivity index (χ4v) is 2.05. The molecule has 96 valence electrons. The van der Waals surface area contributed by atoms with Gasteiger partial charge in [-0.15, -0.1) is 0 Å². The molecule has 0 bridgehead atoms. The molecule has 1 aliphatic rings. The molecule has 1 aliphatic heterocycles. The molecule has 1 aromatic carbocycles. The molecule has 0 saturated carbocycles. The maximum atomic E-state index is 11.8. The maximum Gasteiger partial charge on any atom is 0.146 e. The van der Waals surface area contributed by atoms with Gasteiger partial charge in [0, 0.05) is 5.56 Å². The number of carbonyl (C=O) groups excluding carboxylic acids is 1. The monoisotopic (exact) mass is 248 g/mol. The molecule has 1 aromatic rings. The van der Waals surface area contributed by atoms with Gasteiger partial charge in [-0.05, 0) is 32.0 Å². The molecule has 2 unspecified atom stereocenters. The number of fused-ring (bicyclic) bond motifs is 1. The van der Waals surface area contributed by atoms with E-state index >= 15 is 0 Å². The molecule has 0 amide bonds. The van der Waals surface area contributed by atoms with Crippen molar-refractivity contribution < 1.29 is 19.4 Å². The minimum atomic E-state index is -1.13. The van der Waals surface area contributed by atoms with Crippen molar-refractivity contribution in [2.45, 2.75) is 20.0 Å². The lowest BCUT2D eigenvalue weighted by atomic mass is 9.74. The van der Waals surface area contributed by atoms with E-state index in [0.717, 1.165) is 0 Å². The summed E-state index contributed by atoms with van der Waals surface area (Å²) in [4.78, 5) is 11.8. The van der Waals surface area contributed by atoms with Gasteiger partial charge in [0.05, 0.1) is 7.11 Å². The fourth-order valence-electron chi connectivity index (χ4n) is 2.05. The van der Waals surface area contributed by atoms with Gasteiger partial charge in [-0.1, -0.05) is 6.58 Å². The summed E-state index contributed by atoms with van der Waals surface area (Å²) in [5.41, 5.74) is -0.584. The number of hydrogen-bond acceptors (Lipinski definition) is 4. The summed E-state index contributed by atoms with van der Waals surface area (Å²) in [5, 5.41) is 10.4. The van der Waals surface area contributed by atoms with E-state index in [1.807, 2.05) is 0 Å². The Hall–Kier alpha value is -1.81. The highest BCUT2D eigenvalue weighted by Crippen LogP contribution is 2.49. The van der Waals surface area contributed by atoms with Crippen LogP contribution in [0.5, 0.6) is 11.5 Å². The van der Waals surface area contributed by atoms with Crippen LogP contribution in [-0.4, -0.2) is 18.0 Å². The number of aliphatic hydroxyl groups is 1. The van der Waals surface area contributed by atoms with Gasteiger partial charge in [0.25, 0.3) is 0 Å². The van der Waals surface area contributed by atoms with Gasteiger partial charge in [0.15, 0.2) is 0 Å². The van der Waals surface area contributed by atoms with Crippen LogP contribution >= 0.6 is 0 Å². The fraction of sp³-hybridized carbons (Fsp3) is 0.357. The quantitative estimate of drug-likeness (QED) is 0.872. The molecule has 0 fully saturated rings. The van der Waals surface area contributed by atoms with E-state index in [9.17, 15) is 9.90 Å². The second-order valence-electron chi connectivity index (χ2n) is 4.59. The van der Waals surface area contributed by atoms with Crippen LogP contribution in [0, 0.1) is 5.41 Å². The molecule has 0 aromatic heterocycles. The number of Topliss-reactive ketones (excluding diaryl/α,β-unsaturated/α-hetero) is 1. The molecule has 0 radical (unpaired) electrons. The molecule has 18 heavy (non-hydrogen) atoms. The lowest BCUT2D eigenvalue weighted by Gasteiger charge is -2.38. The van der Waals surface area contributed by atoms with Crippen LogP contribution in [-0.2, 0) is 4.79 Å². The van der Waals surface area contributed by atoms with E-state index in [0.29, 0.717) is 17.1 Å². The average molecular weight is 248 g/mol. The third-order valence-electron chi connectivity index (χ3n) is 3.60. The van der Waals surface area contributed by atoms with E-state index < -0.39 is 11.5 Å². The Morgan fingerprint density at radius 3 is 2.78 bits per heavy atom. The summed E-state index contributed by atoms with van der Waals surface area (Å²) in [6, 6.07) is 5.10. The van der Waals surface area contributed by atoms with Crippen molar-refractivity contribution in [3.05, 3.63) is 36.1 Å². The summed E-state index contributed by atoms with van der Waals surface area (Å²) in [6.07, 6.45) is -0.985. The average Bonchev–Trinajstić information content (AvgIpc) is 2.35. The summed E-state index contributed by atoms with van der Waals surface area (Å²) >= 11 is 0. The number of rotatable bonds is 2. The first kappa shape index (κ1) is 12.6. The van der Waals surface area contributed by atoms with Crippen molar-refractivity contribution in [2.75, 3.05) is 7.11 Å². The number of hydrogen-bond donors (Lipinski definition) is 1. The van der Waals surface area contributed by atoms with Crippen LogP contribution in [0.2, 0.25) is 0 Å². The van der Waals surface area contributed by atoms with E-state index in [1.165, 1.54) is 6.92 Å². The minimum absolute atomic E-state index is 0.187. The molecular formula is C14H16O4. The Labute approximate surface area is 106 Å². The van der Waals surface area contributed by atoms with Gasteiger partial charge in [-0.2, -0.15) is 0 Å². The predicted octanol–water partition coefficient (Wildman–Crippen LogP) is 2.23. The third kappa shape index (κ3) is 1.61. The first-order valence-corrected chi connectivity index (χ1v) is 5.65. The van der Waals surface area contributed by atoms with Crippen LogP contribution in [0.3, 0.4) is 0 Å². The Balaban J connectivity index is 2.57. The van der Waals surface area contributed by atoms with Crippen molar-refractivity contribution >= 4 is 5.78 Å². The van der Waals surface area contributed by atoms with E-state index in [-0.39, 0.29) is 11.5 Å². The zero-order chi connectivity index (χ0) is 13.5. The Kier molecular flexibility index (Phi) is 2.91. The highest BCUT2D eigenvalue weighted by atomic mass is 16.5. The first-order valence-electron chi connectivity index (χ1n) is 5.65. The number of aliphatic hydroxyl groups excluding tert-OH is 1. The van der Waals surface area contributed by atoms with Gasteiger partial charge in [0.1, 0.15) is 34.6 Å². The zero-order valence-corrected chi connectivity index (χ0v) is 10.7. The smallest absolute Gasteiger partial charge is 0.146 e. The maximum absolute atomic E-state index is 11.8. The van der Waals surface area contributed by atoms with Crippen molar-refractivity contribution in [3.8, 4) is 11.5 Å². The Morgan fingerprint density at radius 1 is 1.56 bits per heavy atom. The van der Waals surface area contributed by atoms with Crippen LogP contribution in [0.15, 0.2) is 30.5 Å². The lowest BCUT2D eigenvalue weighted by Crippen LogP contribution is -2.39. The molecule has 4 heteroatoms. The Morgan fingerprint density at radius 2 is 2.22 bits per heavy atom. The van der Waals surface area contributed by atoms with Crippen molar-refractivity contribution in [1.29, 1.82) is 0 Å². The van der Waals surface area contributed by atoms with Gasteiger partial charge >= 0.3 is 0 Å². The molecule has 1 N–H and O–H groups in total. The number of ketones is 1. The Bertz CT molecular complexity index is 521. The molecule has 0 aliphatic carbocycles. The number of carbonyl (C=O) groups is 1. The summed E-state index contributed by atoms with van der Waals surface area (Å²) in [7, 11) is 1.54. The molecule has 0 spiro atoms. The SMILES string of the molecule is C=C1Oc2ccc(OC)cc2C(O)C1(C)C(C)=O. The van der Waals surface area contributed by atoms with Crippen molar-refractivity contribution in [3.63, 3.8) is 0 Å². The van der Waals surface area contributed by atoms with Gasteiger partial charge < -0.3 is 14.6 Å². The molecule has 2 atom stereocenters. The molecular weight excluding hydrogens is 232 g/mol. The number of benzene rings is 1. The molecule has 4 nitrogen and oxygen atoms in total. The van der Waals surface area contributed by atoms with Crippen LogP contribution in [0.4, 0.5) is 0 Å². The summed E-state index contributed by atoms with van der Waals surface area (Å²) in [5.74, 6) is 1.19. The van der Waals surface area contributed by atoms with E-state index in [2.05, 4.69) is 6.58 Å². The first-order chi connectivity index (χ1) is 8.41.